The molecule has 2 rings (SSSR count). The maximum Gasteiger partial charge on any atom is 0.417 e. The van der Waals surface area contributed by atoms with Gasteiger partial charge in [-0.15, -0.1) is 12.4 Å². The van der Waals surface area contributed by atoms with Gasteiger partial charge in [0.25, 0.3) is 0 Å². The number of likely N-dealkylation sites (N-methyl/N-ethyl adjacent to an activating group) is 1. The zero-order chi connectivity index (χ0) is 14.8. The first kappa shape index (κ1) is 17.6. The number of nitriles is 1. The number of piperidine rings is 1. The summed E-state index contributed by atoms with van der Waals surface area (Å²) in [6.45, 7) is 1.71. The van der Waals surface area contributed by atoms with Gasteiger partial charge in [-0.1, -0.05) is 0 Å². The molecule has 0 spiro atoms. The average molecular weight is 320 g/mol. The lowest BCUT2D eigenvalue weighted by molar-refractivity contribution is -0.137. The van der Waals surface area contributed by atoms with Crippen LogP contribution >= 0.6 is 12.4 Å². The van der Waals surface area contributed by atoms with Gasteiger partial charge in [-0.3, -0.25) is 0 Å². The average Bonchev–Trinajstić information content (AvgIpc) is 2.46. The molecule has 1 atom stereocenters. The molecular formula is C14H17ClF3N3. The van der Waals surface area contributed by atoms with E-state index < -0.39 is 11.7 Å². The summed E-state index contributed by atoms with van der Waals surface area (Å²) in [5.41, 5.74) is -0.713. The summed E-state index contributed by atoms with van der Waals surface area (Å²) in [4.78, 5) is 1.85. The second kappa shape index (κ2) is 7.01. The van der Waals surface area contributed by atoms with E-state index in [1.54, 1.807) is 19.2 Å². The Balaban J connectivity index is 0.00000220. The molecule has 3 nitrogen and oxygen atoms in total. The molecular weight excluding hydrogens is 303 g/mol. The number of benzene rings is 1. The Labute approximate surface area is 128 Å². The number of anilines is 1. The molecule has 116 valence electrons. The van der Waals surface area contributed by atoms with E-state index >= 15 is 0 Å². The van der Waals surface area contributed by atoms with E-state index in [9.17, 15) is 13.2 Å². The highest BCUT2D eigenvalue weighted by molar-refractivity contribution is 5.85. The first-order valence-electron chi connectivity index (χ1n) is 6.48. The van der Waals surface area contributed by atoms with Crippen LogP contribution in [0.25, 0.3) is 0 Å². The van der Waals surface area contributed by atoms with Crippen LogP contribution in [0.4, 0.5) is 18.9 Å². The maximum absolute atomic E-state index is 12.9. The summed E-state index contributed by atoms with van der Waals surface area (Å²) < 4.78 is 38.8. The van der Waals surface area contributed by atoms with Crippen molar-refractivity contribution in [1.29, 1.82) is 5.26 Å². The molecule has 1 fully saturated rings. The fourth-order valence-corrected chi connectivity index (χ4v) is 2.46. The van der Waals surface area contributed by atoms with Gasteiger partial charge in [-0.05, 0) is 37.6 Å². The van der Waals surface area contributed by atoms with Crippen LogP contribution in [0.3, 0.4) is 0 Å². The summed E-state index contributed by atoms with van der Waals surface area (Å²) in [5, 5.41) is 12.0. The summed E-state index contributed by atoms with van der Waals surface area (Å²) in [6, 6.07) is 5.65. The van der Waals surface area contributed by atoms with E-state index in [1.807, 2.05) is 4.90 Å². The molecule has 0 saturated carbocycles. The zero-order valence-corrected chi connectivity index (χ0v) is 12.4. The summed E-state index contributed by atoms with van der Waals surface area (Å²) in [7, 11) is 1.79. The fourth-order valence-electron chi connectivity index (χ4n) is 2.46. The Morgan fingerprint density at radius 1 is 1.38 bits per heavy atom. The Hall–Kier alpha value is -1.45. The van der Waals surface area contributed by atoms with Gasteiger partial charge in [0.1, 0.15) is 0 Å². The van der Waals surface area contributed by atoms with Gasteiger partial charge in [0, 0.05) is 25.3 Å². The van der Waals surface area contributed by atoms with Crippen LogP contribution in [0.5, 0.6) is 0 Å². The third-order valence-corrected chi connectivity index (χ3v) is 3.65. The lowest BCUT2D eigenvalue weighted by Gasteiger charge is -2.33. The monoisotopic (exact) mass is 319 g/mol. The van der Waals surface area contributed by atoms with Crippen LogP contribution in [0.1, 0.15) is 24.0 Å². The molecule has 1 saturated heterocycles. The van der Waals surface area contributed by atoms with Crippen molar-refractivity contribution in [3.8, 4) is 6.07 Å². The zero-order valence-electron chi connectivity index (χ0n) is 11.6. The lowest BCUT2D eigenvalue weighted by Crippen LogP contribution is -2.44. The number of alkyl halides is 3. The molecule has 1 aromatic carbocycles. The predicted octanol–water partition coefficient (Wildman–Crippen LogP) is 3.19. The minimum atomic E-state index is -4.51. The molecule has 7 heteroatoms. The van der Waals surface area contributed by atoms with Crippen molar-refractivity contribution >= 4 is 18.1 Å². The van der Waals surface area contributed by atoms with Crippen LogP contribution in [0.2, 0.25) is 0 Å². The van der Waals surface area contributed by atoms with E-state index in [1.165, 1.54) is 6.07 Å². The van der Waals surface area contributed by atoms with Crippen molar-refractivity contribution in [2.45, 2.75) is 25.1 Å². The lowest BCUT2D eigenvalue weighted by atomic mass is 10.0. The normalized spacial score (nSPS) is 18.5. The number of hydrogen-bond donors (Lipinski definition) is 1. The molecule has 1 aliphatic heterocycles. The number of nitrogens with zero attached hydrogens (tertiary/aromatic N) is 2. The fraction of sp³-hybridized carbons (Fsp3) is 0.500. The third-order valence-electron chi connectivity index (χ3n) is 3.65. The molecule has 0 amide bonds. The van der Waals surface area contributed by atoms with E-state index in [0.29, 0.717) is 5.69 Å². The molecule has 0 bridgehead atoms. The minimum absolute atomic E-state index is 0. The van der Waals surface area contributed by atoms with Gasteiger partial charge in [-0.25, -0.2) is 0 Å². The van der Waals surface area contributed by atoms with E-state index in [4.69, 9.17) is 5.26 Å². The topological polar surface area (TPSA) is 39.1 Å². The molecule has 0 radical (unpaired) electrons. The molecule has 1 heterocycles. The molecule has 21 heavy (non-hydrogen) atoms. The van der Waals surface area contributed by atoms with Crippen molar-refractivity contribution < 1.29 is 13.2 Å². The second-order valence-electron chi connectivity index (χ2n) is 4.95. The predicted molar refractivity (Wildman–Crippen MR) is 77.7 cm³/mol. The highest BCUT2D eigenvalue weighted by Gasteiger charge is 2.34. The van der Waals surface area contributed by atoms with Crippen LogP contribution in [-0.4, -0.2) is 26.2 Å². The van der Waals surface area contributed by atoms with Crippen molar-refractivity contribution in [2.75, 3.05) is 25.0 Å². The highest BCUT2D eigenvalue weighted by Crippen LogP contribution is 2.34. The minimum Gasteiger partial charge on any atom is -0.370 e. The van der Waals surface area contributed by atoms with Gasteiger partial charge in [0.05, 0.1) is 17.2 Å². The first-order chi connectivity index (χ1) is 9.43. The molecule has 0 aliphatic carbocycles. The van der Waals surface area contributed by atoms with Gasteiger partial charge >= 0.3 is 6.18 Å². The van der Waals surface area contributed by atoms with E-state index in [-0.39, 0.29) is 24.0 Å². The maximum atomic E-state index is 12.9. The molecule has 0 unspecified atom stereocenters. The molecule has 1 N–H and O–H groups in total. The highest BCUT2D eigenvalue weighted by atomic mass is 35.5. The van der Waals surface area contributed by atoms with E-state index in [2.05, 4.69) is 5.32 Å². The Bertz CT molecular complexity index is 519. The summed E-state index contributed by atoms with van der Waals surface area (Å²) in [6.07, 6.45) is -2.55. The number of hydrogen-bond acceptors (Lipinski definition) is 3. The first-order valence-corrected chi connectivity index (χ1v) is 6.48. The third kappa shape index (κ3) is 4.02. The van der Waals surface area contributed by atoms with Crippen LogP contribution in [0.15, 0.2) is 18.2 Å². The van der Waals surface area contributed by atoms with Gasteiger partial charge in [-0.2, -0.15) is 18.4 Å². The number of halogens is 4. The van der Waals surface area contributed by atoms with Crippen molar-refractivity contribution in [1.82, 2.24) is 5.32 Å². The smallest absolute Gasteiger partial charge is 0.370 e. The Morgan fingerprint density at radius 3 is 2.62 bits per heavy atom. The quantitative estimate of drug-likeness (QED) is 0.910. The largest absolute Gasteiger partial charge is 0.417 e. The van der Waals surface area contributed by atoms with Gasteiger partial charge in [0.2, 0.25) is 0 Å². The van der Waals surface area contributed by atoms with Crippen molar-refractivity contribution in [2.24, 2.45) is 0 Å². The Kier molecular flexibility index (Phi) is 5.87. The van der Waals surface area contributed by atoms with Crippen molar-refractivity contribution in [3.05, 3.63) is 29.3 Å². The molecule has 1 aromatic rings. The molecule has 1 aliphatic rings. The number of rotatable bonds is 2. The summed E-state index contributed by atoms with van der Waals surface area (Å²) in [5.74, 6) is 0. The molecule has 0 aromatic heterocycles. The van der Waals surface area contributed by atoms with Crippen molar-refractivity contribution in [3.63, 3.8) is 0 Å². The van der Waals surface area contributed by atoms with E-state index in [0.717, 1.165) is 32.0 Å². The Morgan fingerprint density at radius 2 is 2.10 bits per heavy atom. The van der Waals surface area contributed by atoms with Gasteiger partial charge < -0.3 is 10.2 Å². The van der Waals surface area contributed by atoms with Gasteiger partial charge in [0.15, 0.2) is 0 Å². The standard InChI is InChI=1S/C14H16F3N3.ClH/c1-20(12-3-2-6-19-9-12)11-5-4-10(8-18)13(7-11)14(15,16)17;/h4-5,7,12,19H,2-3,6,9H2,1H3;1H/t12-;/m1./s1. The SMILES string of the molecule is CN(c1ccc(C#N)c(C(F)(F)F)c1)[C@@H]1CCCNC1.Cl. The van der Waals surface area contributed by atoms with Crippen LogP contribution in [-0.2, 0) is 6.18 Å². The van der Waals surface area contributed by atoms with Crippen LogP contribution in [0, 0.1) is 11.3 Å². The second-order valence-corrected chi connectivity index (χ2v) is 4.95. The summed E-state index contributed by atoms with van der Waals surface area (Å²) >= 11 is 0. The number of nitrogens with one attached hydrogen (secondary N) is 1. The van der Waals surface area contributed by atoms with Crippen LogP contribution < -0.4 is 10.2 Å².